The molecular formula is C16H24N2O4. The van der Waals surface area contributed by atoms with E-state index < -0.39 is 0 Å². The second-order valence-corrected chi connectivity index (χ2v) is 5.97. The van der Waals surface area contributed by atoms with E-state index in [-0.39, 0.29) is 18.2 Å². The summed E-state index contributed by atoms with van der Waals surface area (Å²) in [6.07, 6.45) is 4.77. The van der Waals surface area contributed by atoms with Crippen LogP contribution in [0.4, 0.5) is 0 Å². The minimum Gasteiger partial charge on any atom is -0.467 e. The lowest BCUT2D eigenvalue weighted by molar-refractivity contribution is -0.139. The van der Waals surface area contributed by atoms with Gasteiger partial charge in [-0.25, -0.2) is 0 Å². The molecule has 3 heterocycles. The smallest absolute Gasteiger partial charge is 0.236 e. The third kappa shape index (κ3) is 3.69. The van der Waals surface area contributed by atoms with Gasteiger partial charge in [-0.05, 0) is 31.5 Å². The minimum absolute atomic E-state index is 0.0984. The molecule has 1 amide bonds. The largest absolute Gasteiger partial charge is 0.467 e. The highest BCUT2D eigenvalue weighted by Crippen LogP contribution is 2.24. The van der Waals surface area contributed by atoms with Crippen molar-refractivity contribution in [1.82, 2.24) is 9.80 Å². The van der Waals surface area contributed by atoms with Crippen LogP contribution in [0, 0.1) is 0 Å². The predicted molar refractivity (Wildman–Crippen MR) is 80.1 cm³/mol. The first kappa shape index (κ1) is 15.5. The van der Waals surface area contributed by atoms with E-state index in [1.54, 1.807) is 11.2 Å². The van der Waals surface area contributed by atoms with Crippen LogP contribution in [-0.4, -0.2) is 61.4 Å². The second-order valence-electron chi connectivity index (χ2n) is 5.97. The van der Waals surface area contributed by atoms with E-state index in [9.17, 15) is 4.79 Å². The van der Waals surface area contributed by atoms with Crippen molar-refractivity contribution in [2.24, 2.45) is 0 Å². The molecule has 0 aromatic carbocycles. The van der Waals surface area contributed by atoms with Gasteiger partial charge in [-0.1, -0.05) is 6.42 Å². The number of amides is 1. The molecule has 0 radical (unpaired) electrons. The van der Waals surface area contributed by atoms with Gasteiger partial charge in [0.1, 0.15) is 5.76 Å². The lowest BCUT2D eigenvalue weighted by atomic mass is 10.0. The summed E-state index contributed by atoms with van der Waals surface area (Å²) in [5, 5.41) is 0. The summed E-state index contributed by atoms with van der Waals surface area (Å²) in [7, 11) is 1.81. The fraction of sp³-hybridized carbons (Fsp3) is 0.688. The average Bonchev–Trinajstić information content (AvgIpc) is 3.21. The number of ether oxygens (including phenoxy) is 2. The average molecular weight is 308 g/mol. The molecule has 0 bridgehead atoms. The first-order chi connectivity index (χ1) is 10.7. The molecule has 2 saturated heterocycles. The van der Waals surface area contributed by atoms with E-state index in [1.165, 1.54) is 6.42 Å². The van der Waals surface area contributed by atoms with Gasteiger partial charge in [0.2, 0.25) is 5.91 Å². The second kappa shape index (κ2) is 7.26. The predicted octanol–water partition coefficient (Wildman–Crippen LogP) is 1.47. The van der Waals surface area contributed by atoms with Gasteiger partial charge in [0.15, 0.2) is 6.29 Å². The third-order valence-electron chi connectivity index (χ3n) is 4.36. The van der Waals surface area contributed by atoms with Crippen LogP contribution in [-0.2, 0) is 20.8 Å². The van der Waals surface area contributed by atoms with Crippen molar-refractivity contribution in [1.29, 1.82) is 0 Å². The maximum absolute atomic E-state index is 12.5. The summed E-state index contributed by atoms with van der Waals surface area (Å²) in [4.78, 5) is 16.4. The van der Waals surface area contributed by atoms with Crippen LogP contribution in [0.3, 0.4) is 0 Å². The molecule has 1 aromatic rings. The van der Waals surface area contributed by atoms with Crippen molar-refractivity contribution < 1.29 is 18.7 Å². The van der Waals surface area contributed by atoms with Crippen molar-refractivity contribution >= 4 is 5.91 Å². The SMILES string of the molecule is CN(Cc1ccco1)C(=O)CN1CCCC[C@@H]1C1OCCO1. The molecule has 122 valence electrons. The summed E-state index contributed by atoms with van der Waals surface area (Å²) in [5.41, 5.74) is 0. The molecule has 2 aliphatic rings. The Morgan fingerprint density at radius 2 is 2.18 bits per heavy atom. The summed E-state index contributed by atoms with van der Waals surface area (Å²) < 4.78 is 16.6. The number of likely N-dealkylation sites (tertiary alicyclic amines) is 1. The normalized spacial score (nSPS) is 23.8. The molecule has 1 atom stereocenters. The zero-order chi connectivity index (χ0) is 15.4. The molecular weight excluding hydrogens is 284 g/mol. The van der Waals surface area contributed by atoms with Gasteiger partial charge in [0.25, 0.3) is 0 Å². The highest BCUT2D eigenvalue weighted by atomic mass is 16.7. The molecule has 2 fully saturated rings. The maximum atomic E-state index is 12.5. The van der Waals surface area contributed by atoms with Gasteiger partial charge in [-0.15, -0.1) is 0 Å². The maximum Gasteiger partial charge on any atom is 0.236 e. The molecule has 0 saturated carbocycles. The molecule has 22 heavy (non-hydrogen) atoms. The Bertz CT molecular complexity index is 471. The number of nitrogens with zero attached hydrogens (tertiary/aromatic N) is 2. The van der Waals surface area contributed by atoms with Crippen LogP contribution >= 0.6 is 0 Å². The van der Waals surface area contributed by atoms with Crippen LogP contribution in [0.1, 0.15) is 25.0 Å². The molecule has 0 spiro atoms. The fourth-order valence-electron chi connectivity index (χ4n) is 3.14. The van der Waals surface area contributed by atoms with Crippen LogP contribution < -0.4 is 0 Å². The van der Waals surface area contributed by atoms with Gasteiger partial charge in [-0.2, -0.15) is 0 Å². The van der Waals surface area contributed by atoms with Gasteiger partial charge in [0, 0.05) is 7.05 Å². The lowest BCUT2D eigenvalue weighted by Crippen LogP contribution is -2.51. The molecule has 2 aliphatic heterocycles. The van der Waals surface area contributed by atoms with E-state index in [2.05, 4.69) is 4.90 Å². The number of furan rings is 1. The van der Waals surface area contributed by atoms with Crippen molar-refractivity contribution in [3.8, 4) is 0 Å². The number of likely N-dealkylation sites (N-methyl/N-ethyl adjacent to an activating group) is 1. The van der Waals surface area contributed by atoms with Crippen LogP contribution in [0.5, 0.6) is 0 Å². The van der Waals surface area contributed by atoms with E-state index in [4.69, 9.17) is 13.9 Å². The Morgan fingerprint density at radius 1 is 1.36 bits per heavy atom. The van der Waals surface area contributed by atoms with Crippen LogP contribution in [0.15, 0.2) is 22.8 Å². The number of hydrogen-bond acceptors (Lipinski definition) is 5. The topological polar surface area (TPSA) is 55.2 Å². The summed E-state index contributed by atoms with van der Waals surface area (Å²) in [5.74, 6) is 0.898. The molecule has 6 nitrogen and oxygen atoms in total. The van der Waals surface area contributed by atoms with E-state index >= 15 is 0 Å². The summed E-state index contributed by atoms with van der Waals surface area (Å²) >= 11 is 0. The zero-order valence-electron chi connectivity index (χ0n) is 13.1. The van der Waals surface area contributed by atoms with E-state index in [0.29, 0.717) is 26.3 Å². The van der Waals surface area contributed by atoms with Crippen molar-refractivity contribution in [3.05, 3.63) is 24.2 Å². The summed E-state index contributed by atoms with van der Waals surface area (Å²) in [6.45, 7) is 3.14. The third-order valence-corrected chi connectivity index (χ3v) is 4.36. The molecule has 0 unspecified atom stereocenters. The molecule has 1 aromatic heterocycles. The number of carbonyl (C=O) groups is 1. The number of rotatable bonds is 5. The Balaban J connectivity index is 1.56. The van der Waals surface area contributed by atoms with Gasteiger partial charge in [-0.3, -0.25) is 9.69 Å². The van der Waals surface area contributed by atoms with Crippen LogP contribution in [0.25, 0.3) is 0 Å². The molecule has 0 N–H and O–H groups in total. The highest BCUT2D eigenvalue weighted by Gasteiger charge is 2.34. The van der Waals surface area contributed by atoms with Crippen molar-refractivity contribution in [2.45, 2.75) is 38.1 Å². The number of hydrogen-bond donors (Lipinski definition) is 0. The Labute approximate surface area is 131 Å². The van der Waals surface area contributed by atoms with Gasteiger partial charge in [0.05, 0.1) is 38.6 Å². The molecule has 0 aliphatic carbocycles. The lowest BCUT2D eigenvalue weighted by Gasteiger charge is -2.38. The van der Waals surface area contributed by atoms with Gasteiger partial charge >= 0.3 is 0 Å². The Hall–Kier alpha value is -1.37. The Morgan fingerprint density at radius 3 is 2.91 bits per heavy atom. The number of carbonyl (C=O) groups excluding carboxylic acids is 1. The fourth-order valence-corrected chi connectivity index (χ4v) is 3.14. The van der Waals surface area contributed by atoms with Gasteiger partial charge < -0.3 is 18.8 Å². The van der Waals surface area contributed by atoms with Crippen LogP contribution in [0.2, 0.25) is 0 Å². The van der Waals surface area contributed by atoms with E-state index in [0.717, 1.165) is 25.1 Å². The summed E-state index contributed by atoms with van der Waals surface area (Å²) in [6, 6.07) is 3.91. The standard InChI is InChI=1S/C16H24N2O4/c1-17(11-13-5-4-8-20-13)15(19)12-18-7-3-2-6-14(18)16-21-9-10-22-16/h4-5,8,14,16H,2-3,6-7,9-12H2,1H3/t14-/m1/s1. The quantitative estimate of drug-likeness (QED) is 0.824. The monoisotopic (exact) mass is 308 g/mol. The van der Waals surface area contributed by atoms with E-state index in [1.807, 2.05) is 19.2 Å². The first-order valence-corrected chi connectivity index (χ1v) is 7.97. The minimum atomic E-state index is -0.177. The van der Waals surface area contributed by atoms with Crippen molar-refractivity contribution in [3.63, 3.8) is 0 Å². The molecule has 3 rings (SSSR count). The first-order valence-electron chi connectivity index (χ1n) is 7.97. The Kier molecular flexibility index (Phi) is 5.12. The highest BCUT2D eigenvalue weighted by molar-refractivity contribution is 5.78. The number of piperidine rings is 1. The molecule has 6 heteroatoms. The van der Waals surface area contributed by atoms with Crippen molar-refractivity contribution in [2.75, 3.05) is 33.4 Å². The zero-order valence-corrected chi connectivity index (χ0v) is 13.1.